The molecule has 3 fully saturated rings. The van der Waals surface area contributed by atoms with E-state index in [-0.39, 0.29) is 16.8 Å². The van der Waals surface area contributed by atoms with Crippen LogP contribution in [0.15, 0.2) is 34.9 Å². The Balaban J connectivity index is 1.13. The molecule has 2 saturated carbocycles. The van der Waals surface area contributed by atoms with Gasteiger partial charge in [0.1, 0.15) is 0 Å². The van der Waals surface area contributed by atoms with Crippen LogP contribution < -0.4 is 4.74 Å². The van der Waals surface area contributed by atoms with Crippen LogP contribution >= 0.6 is 0 Å². The van der Waals surface area contributed by atoms with Crippen molar-refractivity contribution in [1.82, 2.24) is 20.0 Å². The Morgan fingerprint density at radius 2 is 1.98 bits per heavy atom. The Kier molecular flexibility index (Phi) is 6.41. The summed E-state index contributed by atoms with van der Waals surface area (Å²) < 4.78 is 16.7. The fourth-order valence-electron chi connectivity index (χ4n) is 7.50. The summed E-state index contributed by atoms with van der Waals surface area (Å²) in [6.45, 7) is 5.16. The lowest BCUT2D eigenvalue weighted by molar-refractivity contribution is -0.150. The Bertz CT molecular complexity index is 1420. The minimum atomic E-state index is -0.279. The third-order valence-electron chi connectivity index (χ3n) is 9.84. The summed E-state index contributed by atoms with van der Waals surface area (Å²) in [5.74, 6) is 2.17. The second-order valence-electron chi connectivity index (χ2n) is 12.3. The van der Waals surface area contributed by atoms with E-state index in [1.165, 1.54) is 24.0 Å². The first kappa shape index (κ1) is 25.7. The molecule has 2 aromatic heterocycles. The molecule has 40 heavy (non-hydrogen) atoms. The largest absolute Gasteiger partial charge is 0.481 e. The number of benzene rings is 1. The predicted octanol–water partition coefficient (Wildman–Crippen LogP) is 5.70. The number of hydrogen-bond acceptors (Lipinski definition) is 8. The van der Waals surface area contributed by atoms with E-state index in [2.05, 4.69) is 34.3 Å². The highest BCUT2D eigenvalue weighted by Crippen LogP contribution is 2.52. The summed E-state index contributed by atoms with van der Waals surface area (Å²) in [5, 5.41) is 4.44. The molecule has 4 aliphatic rings. The molecule has 1 saturated heterocycles. The first-order chi connectivity index (χ1) is 19.5. The molecule has 3 heterocycles. The van der Waals surface area contributed by atoms with Gasteiger partial charge in [0.25, 0.3) is 5.89 Å². The van der Waals surface area contributed by atoms with Crippen molar-refractivity contribution < 1.29 is 18.8 Å². The van der Waals surface area contributed by atoms with Gasteiger partial charge in [-0.05, 0) is 75.6 Å². The van der Waals surface area contributed by atoms with Gasteiger partial charge in [0.05, 0.1) is 19.1 Å². The number of ether oxygens (including phenoxy) is 2. The maximum absolute atomic E-state index is 12.6. The number of hydrogen-bond donors (Lipinski definition) is 0. The van der Waals surface area contributed by atoms with E-state index in [0.717, 1.165) is 81.4 Å². The highest BCUT2D eigenvalue weighted by atomic mass is 16.5. The Hall–Kier alpha value is -3.26. The number of pyridine rings is 1. The SMILES string of the molecule is CCOC(=O)C1(CN2CCC3(CCc4c(-c5noc(-c6cc(OC)nc(C7CCCC7)c6)n5)cccc43)C2)CC1. The van der Waals surface area contributed by atoms with Gasteiger partial charge in [-0.1, -0.05) is 36.2 Å². The second-order valence-corrected chi connectivity index (χ2v) is 12.3. The molecule has 0 bridgehead atoms. The molecule has 8 heteroatoms. The number of aromatic nitrogens is 3. The van der Waals surface area contributed by atoms with E-state index >= 15 is 0 Å². The molecule has 0 radical (unpaired) electrons. The van der Waals surface area contributed by atoms with Crippen molar-refractivity contribution in [3.05, 3.63) is 47.2 Å². The molecular formula is C32H38N4O4. The van der Waals surface area contributed by atoms with E-state index in [4.69, 9.17) is 24.0 Å². The van der Waals surface area contributed by atoms with Gasteiger partial charge >= 0.3 is 5.97 Å². The minimum Gasteiger partial charge on any atom is -0.481 e. The van der Waals surface area contributed by atoms with Crippen molar-refractivity contribution in [3.8, 4) is 28.7 Å². The lowest BCUT2D eigenvalue weighted by atomic mass is 9.81. The van der Waals surface area contributed by atoms with E-state index in [1.54, 1.807) is 7.11 Å². The summed E-state index contributed by atoms with van der Waals surface area (Å²) >= 11 is 0. The van der Waals surface area contributed by atoms with Crippen LogP contribution in [-0.2, 0) is 21.4 Å². The molecule has 1 atom stereocenters. The zero-order valence-electron chi connectivity index (χ0n) is 23.6. The van der Waals surface area contributed by atoms with Crippen molar-refractivity contribution in [1.29, 1.82) is 0 Å². The summed E-state index contributed by atoms with van der Waals surface area (Å²) in [4.78, 5) is 24.7. The van der Waals surface area contributed by atoms with E-state index in [0.29, 0.717) is 30.1 Å². The van der Waals surface area contributed by atoms with Gasteiger partial charge in [-0.15, -0.1) is 0 Å². The van der Waals surface area contributed by atoms with Crippen LogP contribution in [0.25, 0.3) is 22.8 Å². The molecule has 1 spiro atoms. The highest BCUT2D eigenvalue weighted by Gasteiger charge is 2.54. The van der Waals surface area contributed by atoms with Crippen LogP contribution in [0, 0.1) is 5.41 Å². The zero-order chi connectivity index (χ0) is 27.3. The topological polar surface area (TPSA) is 90.6 Å². The maximum atomic E-state index is 12.6. The number of carbonyl (C=O) groups is 1. The first-order valence-electron chi connectivity index (χ1n) is 14.9. The Morgan fingerprint density at radius 3 is 2.75 bits per heavy atom. The molecular weight excluding hydrogens is 504 g/mol. The van der Waals surface area contributed by atoms with Crippen LogP contribution in [-0.4, -0.2) is 59.3 Å². The lowest BCUT2D eigenvalue weighted by Gasteiger charge is -2.27. The number of methoxy groups -OCH3 is 1. The highest BCUT2D eigenvalue weighted by molar-refractivity contribution is 5.80. The first-order valence-corrected chi connectivity index (χ1v) is 14.9. The van der Waals surface area contributed by atoms with Crippen molar-refractivity contribution >= 4 is 5.97 Å². The number of esters is 1. The number of carbonyl (C=O) groups excluding carboxylic acids is 1. The van der Waals surface area contributed by atoms with Gasteiger partial charge < -0.3 is 18.9 Å². The molecule has 3 aromatic rings. The fourth-order valence-corrected chi connectivity index (χ4v) is 7.50. The Morgan fingerprint density at radius 1 is 1.12 bits per heavy atom. The van der Waals surface area contributed by atoms with Crippen molar-refractivity contribution in [2.45, 2.75) is 76.0 Å². The van der Waals surface area contributed by atoms with E-state index < -0.39 is 0 Å². The van der Waals surface area contributed by atoms with Gasteiger partial charge in [0, 0.05) is 47.3 Å². The average molecular weight is 543 g/mol. The zero-order valence-corrected chi connectivity index (χ0v) is 23.6. The van der Waals surface area contributed by atoms with E-state index in [9.17, 15) is 4.79 Å². The monoisotopic (exact) mass is 542 g/mol. The summed E-state index contributed by atoms with van der Waals surface area (Å²) in [6.07, 6.45) is 9.93. The van der Waals surface area contributed by atoms with Gasteiger partial charge in [0.2, 0.25) is 11.7 Å². The average Bonchev–Trinajstić information content (AvgIpc) is 3.47. The van der Waals surface area contributed by atoms with Crippen molar-refractivity contribution in [2.75, 3.05) is 33.4 Å². The molecule has 7 rings (SSSR count). The fraction of sp³-hybridized carbons (Fsp3) is 0.562. The molecule has 210 valence electrons. The lowest BCUT2D eigenvalue weighted by Crippen LogP contribution is -2.36. The molecule has 1 unspecified atom stereocenters. The van der Waals surface area contributed by atoms with Crippen LogP contribution in [0.5, 0.6) is 5.88 Å². The number of likely N-dealkylation sites (tertiary alicyclic amines) is 1. The van der Waals surface area contributed by atoms with Crippen molar-refractivity contribution in [2.24, 2.45) is 5.41 Å². The molecule has 8 nitrogen and oxygen atoms in total. The quantitative estimate of drug-likeness (QED) is 0.335. The molecule has 1 aliphatic heterocycles. The third-order valence-corrected chi connectivity index (χ3v) is 9.84. The van der Waals surface area contributed by atoms with Crippen LogP contribution in [0.2, 0.25) is 0 Å². The number of rotatable bonds is 8. The Labute approximate surface area is 235 Å². The normalized spacial score (nSPS) is 23.6. The molecule has 3 aliphatic carbocycles. The smallest absolute Gasteiger partial charge is 0.313 e. The van der Waals surface area contributed by atoms with Crippen LogP contribution in [0.3, 0.4) is 0 Å². The van der Waals surface area contributed by atoms with Gasteiger partial charge in [-0.2, -0.15) is 4.98 Å². The van der Waals surface area contributed by atoms with Gasteiger partial charge in [-0.3, -0.25) is 4.79 Å². The van der Waals surface area contributed by atoms with Crippen molar-refractivity contribution in [3.63, 3.8) is 0 Å². The number of fused-ring (bicyclic) bond motifs is 2. The van der Waals surface area contributed by atoms with Crippen LogP contribution in [0.1, 0.15) is 81.0 Å². The van der Waals surface area contributed by atoms with Gasteiger partial charge in [-0.25, -0.2) is 4.98 Å². The third kappa shape index (κ3) is 4.41. The standard InChI is InChI=1S/C32H38N4O4/c1-3-39-30(37)32(13-14-32)20-36-16-15-31(19-36)12-11-23-24(9-6-10-25(23)31)28-34-29(40-35-28)22-17-26(21-7-4-5-8-21)33-27(18-22)38-2/h6,9-10,17-18,21H,3-5,7-8,11-16,19-20H2,1-2H3. The molecule has 1 aromatic carbocycles. The molecule has 0 N–H and O–H groups in total. The van der Waals surface area contributed by atoms with Gasteiger partial charge in [0.15, 0.2) is 0 Å². The predicted molar refractivity (Wildman–Crippen MR) is 150 cm³/mol. The summed E-state index contributed by atoms with van der Waals surface area (Å²) in [5.41, 5.74) is 5.56. The summed E-state index contributed by atoms with van der Waals surface area (Å²) in [6, 6.07) is 10.5. The summed E-state index contributed by atoms with van der Waals surface area (Å²) in [7, 11) is 1.65. The van der Waals surface area contributed by atoms with Crippen LogP contribution in [0.4, 0.5) is 0 Å². The minimum absolute atomic E-state index is 0.0138. The second kappa shape index (κ2) is 9.98. The maximum Gasteiger partial charge on any atom is 0.313 e. The number of nitrogens with zero attached hydrogens (tertiary/aromatic N) is 4. The van der Waals surface area contributed by atoms with E-state index in [1.807, 2.05) is 13.0 Å². The molecule has 0 amide bonds.